The van der Waals surface area contributed by atoms with Gasteiger partial charge in [-0.25, -0.2) is 4.79 Å². The Morgan fingerprint density at radius 1 is 1.05 bits per heavy atom. The third-order valence-electron chi connectivity index (χ3n) is 6.57. The van der Waals surface area contributed by atoms with Crippen LogP contribution in [-0.2, 0) is 16.1 Å². The fourth-order valence-corrected chi connectivity index (χ4v) is 5.83. The molecule has 1 aliphatic carbocycles. The minimum atomic E-state index is -0.649. The Hall–Kier alpha value is -3.30. The number of hydrogen-bond donors (Lipinski definition) is 1. The predicted octanol–water partition coefficient (Wildman–Crippen LogP) is 6.27. The quantitative estimate of drug-likeness (QED) is 0.257. The number of ether oxygens (including phenoxy) is 3. The van der Waals surface area contributed by atoms with Gasteiger partial charge in [-0.05, 0) is 53.3 Å². The van der Waals surface area contributed by atoms with Gasteiger partial charge in [0.15, 0.2) is 17.3 Å². The summed E-state index contributed by atoms with van der Waals surface area (Å²) in [6.07, 6.45) is 0. The van der Waals surface area contributed by atoms with E-state index in [0.29, 0.717) is 44.6 Å². The summed E-state index contributed by atoms with van der Waals surface area (Å²) < 4.78 is 17.8. The number of fused-ring (bicyclic) bond motifs is 2. The maximum Gasteiger partial charge on any atom is 0.336 e. The minimum absolute atomic E-state index is 0.120. The lowest BCUT2D eigenvalue weighted by Crippen LogP contribution is -2.29. The first kappa shape index (κ1) is 25.4. The number of carbonyl (C=O) groups excluding carboxylic acids is 2. The largest absolute Gasteiger partial charge is 0.493 e. The highest BCUT2D eigenvalue weighted by molar-refractivity contribution is 14.1. The average Bonchev–Trinajstić information content (AvgIpc) is 3.18. The van der Waals surface area contributed by atoms with Crippen LogP contribution in [0.2, 0.25) is 5.02 Å². The van der Waals surface area contributed by atoms with Crippen LogP contribution >= 0.6 is 34.2 Å². The van der Waals surface area contributed by atoms with E-state index in [9.17, 15) is 9.59 Å². The fraction of sp³-hybridized carbons (Fsp3) is 0.172. The van der Waals surface area contributed by atoms with Crippen LogP contribution in [0.1, 0.15) is 39.9 Å². The highest BCUT2D eigenvalue weighted by Gasteiger charge is 2.43. The molecule has 6 nitrogen and oxygen atoms in total. The zero-order chi connectivity index (χ0) is 26.3. The summed E-state index contributed by atoms with van der Waals surface area (Å²) in [6, 6.07) is 18.7. The van der Waals surface area contributed by atoms with Gasteiger partial charge in [0.1, 0.15) is 6.61 Å². The van der Waals surface area contributed by atoms with Crippen molar-refractivity contribution in [1.82, 2.24) is 5.32 Å². The summed E-state index contributed by atoms with van der Waals surface area (Å²) >= 11 is 8.48. The predicted molar refractivity (Wildman–Crippen MR) is 150 cm³/mol. The number of methoxy groups -OCH3 is 2. The first-order valence-electron chi connectivity index (χ1n) is 11.5. The molecule has 0 unspecified atom stereocenters. The van der Waals surface area contributed by atoms with Crippen molar-refractivity contribution in [3.05, 3.63) is 108 Å². The van der Waals surface area contributed by atoms with Gasteiger partial charge in [0.25, 0.3) is 0 Å². The number of halogens is 2. The summed E-state index contributed by atoms with van der Waals surface area (Å²) in [5.74, 6) is -0.234. The van der Waals surface area contributed by atoms with Gasteiger partial charge >= 0.3 is 5.97 Å². The van der Waals surface area contributed by atoms with E-state index >= 15 is 0 Å². The lowest BCUT2D eigenvalue weighted by molar-refractivity contribution is -0.136. The van der Waals surface area contributed by atoms with Gasteiger partial charge in [0, 0.05) is 38.9 Å². The molecule has 0 fully saturated rings. The van der Waals surface area contributed by atoms with Crippen molar-refractivity contribution in [2.75, 3.05) is 14.2 Å². The molecular weight excluding hydrogens is 605 g/mol. The molecule has 5 rings (SSSR count). The molecule has 1 atom stereocenters. The van der Waals surface area contributed by atoms with Crippen LogP contribution in [0.4, 0.5) is 0 Å². The second-order valence-corrected chi connectivity index (χ2v) is 10.2. The molecule has 0 saturated carbocycles. The van der Waals surface area contributed by atoms with Crippen LogP contribution in [0.25, 0.3) is 5.70 Å². The number of hydrogen-bond acceptors (Lipinski definition) is 6. The van der Waals surface area contributed by atoms with E-state index in [1.54, 1.807) is 13.2 Å². The molecule has 1 heterocycles. The molecule has 37 heavy (non-hydrogen) atoms. The molecule has 3 aromatic carbocycles. The van der Waals surface area contributed by atoms with Crippen molar-refractivity contribution < 1.29 is 23.8 Å². The van der Waals surface area contributed by atoms with Crippen molar-refractivity contribution in [1.29, 1.82) is 0 Å². The second kappa shape index (κ2) is 10.2. The Labute approximate surface area is 233 Å². The monoisotopic (exact) mass is 627 g/mol. The van der Waals surface area contributed by atoms with E-state index in [1.165, 1.54) is 7.11 Å². The fourth-order valence-electron chi connectivity index (χ4n) is 4.85. The van der Waals surface area contributed by atoms with Gasteiger partial charge in [-0.15, -0.1) is 0 Å². The Morgan fingerprint density at radius 3 is 2.46 bits per heavy atom. The maximum absolute atomic E-state index is 13.6. The molecule has 0 aromatic heterocycles. The average molecular weight is 628 g/mol. The van der Waals surface area contributed by atoms with Gasteiger partial charge in [-0.3, -0.25) is 4.79 Å². The first-order chi connectivity index (χ1) is 17.8. The standard InChI is InChI=1S/C29H23ClINO5/c1-15-23(29(34)36-3)24(25-26(32-15)18-9-5-6-10-19(18)27(25)33)17-12-21(31)28(22(13-17)35-2)37-14-16-8-4-7-11-20(16)30/h4-13,24,32H,14H2,1-3H3/t24-/m0/s1. The number of carbonyl (C=O) groups is 2. The Morgan fingerprint density at radius 2 is 1.76 bits per heavy atom. The number of benzene rings is 3. The maximum atomic E-state index is 13.6. The summed E-state index contributed by atoms with van der Waals surface area (Å²) in [5.41, 5.74) is 5.22. The van der Waals surface area contributed by atoms with E-state index in [2.05, 4.69) is 27.9 Å². The van der Waals surface area contributed by atoms with Gasteiger partial charge in [0.2, 0.25) is 0 Å². The molecule has 0 spiro atoms. The highest BCUT2D eigenvalue weighted by Crippen LogP contribution is 2.48. The molecule has 3 aromatic rings. The Balaban J connectivity index is 1.61. The summed E-state index contributed by atoms with van der Waals surface area (Å²) in [6.45, 7) is 2.08. The summed E-state index contributed by atoms with van der Waals surface area (Å²) in [5, 5.41) is 3.91. The van der Waals surface area contributed by atoms with Gasteiger partial charge in [-0.1, -0.05) is 54.1 Å². The third kappa shape index (κ3) is 4.40. The summed E-state index contributed by atoms with van der Waals surface area (Å²) in [7, 11) is 2.90. The molecule has 1 N–H and O–H groups in total. The zero-order valence-electron chi connectivity index (χ0n) is 20.4. The second-order valence-electron chi connectivity index (χ2n) is 8.67. The van der Waals surface area contributed by atoms with Crippen molar-refractivity contribution in [2.24, 2.45) is 0 Å². The Kier molecular flexibility index (Phi) is 7.00. The molecule has 1 aliphatic heterocycles. The number of esters is 1. The lowest BCUT2D eigenvalue weighted by atomic mass is 9.79. The van der Waals surface area contributed by atoms with Gasteiger partial charge in [-0.2, -0.15) is 0 Å². The molecular formula is C29H23ClINO5. The summed E-state index contributed by atoms with van der Waals surface area (Å²) in [4.78, 5) is 26.6. The van der Waals surface area contributed by atoms with Crippen LogP contribution in [0.15, 0.2) is 77.5 Å². The van der Waals surface area contributed by atoms with Crippen molar-refractivity contribution >= 4 is 51.6 Å². The van der Waals surface area contributed by atoms with E-state index in [1.807, 2.05) is 61.5 Å². The van der Waals surface area contributed by atoms with Crippen molar-refractivity contribution in [2.45, 2.75) is 19.4 Å². The number of dihydropyridines is 1. The van der Waals surface area contributed by atoms with Crippen LogP contribution in [0, 0.1) is 3.57 Å². The minimum Gasteiger partial charge on any atom is -0.493 e. The van der Waals surface area contributed by atoms with Crippen LogP contribution < -0.4 is 14.8 Å². The van der Waals surface area contributed by atoms with E-state index in [0.717, 1.165) is 20.3 Å². The van der Waals surface area contributed by atoms with Crippen LogP contribution in [0.3, 0.4) is 0 Å². The first-order valence-corrected chi connectivity index (χ1v) is 13.0. The SMILES string of the molecule is COC(=O)C1=C(C)NC2=C(C(=O)c3ccccc32)[C@H]1c1cc(I)c(OCc2ccccc2Cl)c(OC)c1. The van der Waals surface area contributed by atoms with Crippen LogP contribution in [0.5, 0.6) is 11.5 Å². The number of rotatable bonds is 6. The van der Waals surface area contributed by atoms with E-state index in [-0.39, 0.29) is 12.4 Å². The lowest BCUT2D eigenvalue weighted by Gasteiger charge is -2.29. The Bertz CT molecular complexity index is 1510. The topological polar surface area (TPSA) is 73.9 Å². The zero-order valence-corrected chi connectivity index (χ0v) is 23.3. The number of Topliss-reactive ketones (excluding diaryl/α,β-unsaturated/α-hetero) is 1. The molecule has 2 aliphatic rings. The number of allylic oxidation sites excluding steroid dienone is 2. The normalized spacial score (nSPS) is 16.2. The van der Waals surface area contributed by atoms with Crippen molar-refractivity contribution in [3.63, 3.8) is 0 Å². The number of nitrogens with one attached hydrogen (secondary N) is 1. The van der Waals surface area contributed by atoms with Crippen molar-refractivity contribution in [3.8, 4) is 11.5 Å². The molecule has 8 heteroatoms. The smallest absolute Gasteiger partial charge is 0.336 e. The molecule has 0 bridgehead atoms. The van der Waals surface area contributed by atoms with Gasteiger partial charge in [0.05, 0.1) is 29.1 Å². The molecule has 0 amide bonds. The van der Waals surface area contributed by atoms with E-state index < -0.39 is 11.9 Å². The van der Waals surface area contributed by atoms with Crippen LogP contribution in [-0.4, -0.2) is 26.0 Å². The third-order valence-corrected chi connectivity index (χ3v) is 7.74. The molecule has 188 valence electrons. The molecule has 0 saturated heterocycles. The van der Waals surface area contributed by atoms with Gasteiger partial charge < -0.3 is 19.5 Å². The van der Waals surface area contributed by atoms with E-state index in [4.69, 9.17) is 25.8 Å². The molecule has 0 radical (unpaired) electrons. The highest BCUT2D eigenvalue weighted by atomic mass is 127. The number of ketones is 1.